The van der Waals surface area contributed by atoms with E-state index in [9.17, 15) is 31.8 Å². The minimum Gasteiger partial charge on any atom is -0.390 e. The van der Waals surface area contributed by atoms with E-state index in [-0.39, 0.29) is 24.5 Å². The van der Waals surface area contributed by atoms with Gasteiger partial charge in [0, 0.05) is 85.4 Å². The van der Waals surface area contributed by atoms with Crippen LogP contribution in [-0.2, 0) is 41.3 Å². The van der Waals surface area contributed by atoms with Crippen molar-refractivity contribution >= 4 is 21.8 Å². The van der Waals surface area contributed by atoms with Gasteiger partial charge in [-0.3, -0.25) is 9.67 Å². The van der Waals surface area contributed by atoms with Crippen molar-refractivity contribution in [1.29, 1.82) is 0 Å². The number of likely N-dealkylation sites (tertiary alicyclic amines) is 3. The quantitative estimate of drug-likeness (QED) is 0.258. The van der Waals surface area contributed by atoms with Crippen LogP contribution in [0.1, 0.15) is 61.0 Å². The molecule has 2 N–H and O–H groups in total. The number of rotatable bonds is 12. The first-order valence-corrected chi connectivity index (χ1v) is 22.0. The molecule has 296 valence electrons. The Morgan fingerprint density at radius 2 is 1.72 bits per heavy atom. The second-order valence-corrected chi connectivity index (χ2v) is 18.5. The first-order valence-electron chi connectivity index (χ1n) is 19.2. The Morgan fingerprint density at radius 3 is 2.39 bits per heavy atom. The van der Waals surface area contributed by atoms with E-state index in [4.69, 9.17) is 5.10 Å². The standard InChI is InChI=1S/C38H52F3N7O4S2/c1-54(51,52)47-19-11-33-31(27-47)36(43-48(33)26-30(49)25-45-20-12-37(50,13-21-45)35-6-2-3-14-42-35)28-7-8-32(38(39,40)41)34(24-28)53-23-22-44-17-9-29(10-18-44)46-15-4-5-16-46/h2-3,6-8,14,24,29-30,49-50H,4-5,9-13,15-23,25-27H2,1H3. The van der Waals surface area contributed by atoms with Gasteiger partial charge in [0.1, 0.15) is 5.60 Å². The molecule has 2 aromatic heterocycles. The molecule has 0 saturated carbocycles. The zero-order valence-electron chi connectivity index (χ0n) is 30.9. The Morgan fingerprint density at radius 1 is 0.981 bits per heavy atom. The van der Waals surface area contributed by atoms with Crippen LogP contribution in [-0.4, -0.2) is 135 Å². The van der Waals surface area contributed by atoms with Gasteiger partial charge >= 0.3 is 6.18 Å². The van der Waals surface area contributed by atoms with Gasteiger partial charge in [0.15, 0.2) is 0 Å². The number of pyridine rings is 1. The summed E-state index contributed by atoms with van der Waals surface area (Å²) in [6.45, 7) is 6.85. The van der Waals surface area contributed by atoms with Crippen LogP contribution in [0, 0.1) is 0 Å². The second kappa shape index (κ2) is 16.5. The van der Waals surface area contributed by atoms with Crippen LogP contribution < -0.4 is 0 Å². The molecule has 1 atom stereocenters. The topological polar surface area (TPSA) is 118 Å². The summed E-state index contributed by atoms with van der Waals surface area (Å²) >= 11 is 1.20. The largest absolute Gasteiger partial charge is 0.417 e. The lowest BCUT2D eigenvalue weighted by molar-refractivity contribution is -0.139. The molecule has 4 aliphatic rings. The lowest BCUT2D eigenvalue weighted by atomic mass is 9.87. The lowest BCUT2D eigenvalue weighted by Crippen LogP contribution is -2.46. The molecule has 0 amide bonds. The number of hydrogen-bond acceptors (Lipinski definition) is 10. The maximum atomic E-state index is 14.3. The average molecular weight is 792 g/mol. The summed E-state index contributed by atoms with van der Waals surface area (Å²) in [5.41, 5.74) is 1.27. The molecule has 3 fully saturated rings. The fourth-order valence-corrected chi connectivity index (χ4v) is 10.5. The fraction of sp³-hybridized carbons (Fsp3) is 0.632. The third kappa shape index (κ3) is 9.17. The number of thioether (sulfide) groups is 1. The van der Waals surface area contributed by atoms with Gasteiger partial charge in [-0.1, -0.05) is 12.1 Å². The van der Waals surface area contributed by atoms with Gasteiger partial charge in [-0.25, -0.2) is 8.42 Å². The summed E-state index contributed by atoms with van der Waals surface area (Å²) in [5, 5.41) is 27.4. The summed E-state index contributed by atoms with van der Waals surface area (Å²) in [6.07, 6.45) is 3.49. The van der Waals surface area contributed by atoms with E-state index in [1.165, 1.54) is 48.1 Å². The Labute approximate surface area is 320 Å². The second-order valence-electron chi connectivity index (χ2n) is 15.4. The molecule has 3 saturated heterocycles. The number of alkyl halides is 3. The van der Waals surface area contributed by atoms with Crippen LogP contribution in [0.5, 0.6) is 0 Å². The highest BCUT2D eigenvalue weighted by Gasteiger charge is 2.37. The third-order valence-corrected chi connectivity index (χ3v) is 14.0. The van der Waals surface area contributed by atoms with Gasteiger partial charge in [-0.15, -0.1) is 11.8 Å². The number of nitrogens with zero attached hydrogens (tertiary/aromatic N) is 7. The minimum absolute atomic E-state index is 0.0503. The summed E-state index contributed by atoms with van der Waals surface area (Å²) in [7, 11) is -3.54. The molecule has 0 aliphatic carbocycles. The molecule has 0 bridgehead atoms. The van der Waals surface area contributed by atoms with Gasteiger partial charge in [0.25, 0.3) is 0 Å². The number of sulfonamides is 1. The number of aromatic nitrogens is 3. The minimum atomic E-state index is -4.54. The highest BCUT2D eigenvalue weighted by atomic mass is 32.2. The van der Waals surface area contributed by atoms with E-state index >= 15 is 0 Å². The third-order valence-electron chi connectivity index (χ3n) is 11.7. The van der Waals surface area contributed by atoms with Crippen molar-refractivity contribution in [2.75, 3.05) is 70.9 Å². The highest BCUT2D eigenvalue weighted by Crippen LogP contribution is 2.41. The SMILES string of the molecule is CS(=O)(=O)N1CCc2c(c(-c3ccc(C(F)(F)F)c(SCCN4CCC(N5CCCC5)CC4)c3)nn2CC(O)CN2CCC(O)(c3ccccn3)CC2)C1. The van der Waals surface area contributed by atoms with Crippen LogP contribution in [0.25, 0.3) is 11.3 Å². The Bertz CT molecular complexity index is 1840. The molecular formula is C38H52F3N7O4S2. The van der Waals surface area contributed by atoms with E-state index < -0.39 is 33.5 Å². The van der Waals surface area contributed by atoms with Gasteiger partial charge in [-0.05, 0) is 89.0 Å². The van der Waals surface area contributed by atoms with E-state index in [0.29, 0.717) is 79.8 Å². The van der Waals surface area contributed by atoms with Crippen molar-refractivity contribution in [2.45, 2.75) is 86.9 Å². The van der Waals surface area contributed by atoms with Gasteiger partial charge < -0.3 is 24.9 Å². The number of aliphatic hydroxyl groups excluding tert-OH is 1. The van der Waals surface area contributed by atoms with Crippen molar-refractivity contribution in [2.24, 2.45) is 0 Å². The van der Waals surface area contributed by atoms with E-state index in [0.717, 1.165) is 43.9 Å². The average Bonchev–Trinajstić information content (AvgIpc) is 3.81. The van der Waals surface area contributed by atoms with Crippen LogP contribution in [0.4, 0.5) is 13.2 Å². The first-order chi connectivity index (χ1) is 25.8. The van der Waals surface area contributed by atoms with Crippen molar-refractivity contribution < 1.29 is 31.8 Å². The lowest BCUT2D eigenvalue weighted by Gasteiger charge is -2.38. The molecule has 0 radical (unpaired) electrons. The summed E-state index contributed by atoms with van der Waals surface area (Å²) < 4.78 is 71.3. The normalized spacial score (nSPS) is 21.7. The van der Waals surface area contributed by atoms with E-state index in [1.807, 2.05) is 18.2 Å². The first kappa shape index (κ1) is 39.7. The van der Waals surface area contributed by atoms with Gasteiger partial charge in [0.05, 0.1) is 35.9 Å². The predicted molar refractivity (Wildman–Crippen MR) is 202 cm³/mol. The maximum absolute atomic E-state index is 14.3. The van der Waals surface area contributed by atoms with Gasteiger partial charge in [-0.2, -0.15) is 22.6 Å². The molecule has 3 aromatic rings. The van der Waals surface area contributed by atoms with Crippen molar-refractivity contribution in [3.8, 4) is 11.3 Å². The number of benzene rings is 1. The number of halogens is 3. The molecule has 4 aliphatic heterocycles. The summed E-state index contributed by atoms with van der Waals surface area (Å²) in [5.74, 6) is 0.511. The smallest absolute Gasteiger partial charge is 0.390 e. The van der Waals surface area contributed by atoms with Gasteiger partial charge in [0.2, 0.25) is 10.0 Å². The Balaban J connectivity index is 1.06. The number of fused-ring (bicyclic) bond motifs is 1. The summed E-state index contributed by atoms with van der Waals surface area (Å²) in [4.78, 5) is 11.5. The Hall–Kier alpha value is -2.57. The van der Waals surface area contributed by atoms with E-state index in [1.54, 1.807) is 16.9 Å². The molecule has 7 rings (SSSR count). The molecule has 16 heteroatoms. The number of aliphatic hydroxyl groups is 2. The molecule has 1 aromatic carbocycles. The molecule has 1 unspecified atom stereocenters. The predicted octanol–water partition coefficient (Wildman–Crippen LogP) is 4.28. The molecule has 11 nitrogen and oxygen atoms in total. The van der Waals surface area contributed by atoms with E-state index in [2.05, 4.69) is 19.7 Å². The molecule has 0 spiro atoms. The van der Waals surface area contributed by atoms with Crippen molar-refractivity contribution in [3.63, 3.8) is 0 Å². The van der Waals surface area contributed by atoms with Crippen molar-refractivity contribution in [1.82, 2.24) is 33.8 Å². The van der Waals surface area contributed by atoms with Crippen LogP contribution in [0.3, 0.4) is 0 Å². The van der Waals surface area contributed by atoms with Crippen LogP contribution in [0.15, 0.2) is 47.5 Å². The summed E-state index contributed by atoms with van der Waals surface area (Å²) in [6, 6.07) is 10.2. The fourth-order valence-electron chi connectivity index (χ4n) is 8.61. The number of hydrogen-bond donors (Lipinski definition) is 2. The zero-order chi connectivity index (χ0) is 38.1. The highest BCUT2D eigenvalue weighted by molar-refractivity contribution is 7.99. The number of β-amino-alcohol motifs (C(OH)–C–C–N with tert-alkyl or cyclic N) is 1. The van der Waals surface area contributed by atoms with Crippen LogP contribution in [0.2, 0.25) is 0 Å². The monoisotopic (exact) mass is 791 g/mol. The number of piperidine rings is 2. The maximum Gasteiger partial charge on any atom is 0.417 e. The van der Waals surface area contributed by atoms with Crippen molar-refractivity contribution in [3.05, 3.63) is 65.1 Å². The van der Waals surface area contributed by atoms with Crippen LogP contribution >= 0.6 is 11.8 Å². The molecular weight excluding hydrogens is 740 g/mol. The molecule has 54 heavy (non-hydrogen) atoms. The zero-order valence-corrected chi connectivity index (χ0v) is 32.6. The molecule has 6 heterocycles. The Kier molecular flexibility index (Phi) is 12.1.